The normalized spacial score (nSPS) is 14.0. The molecule has 1 aliphatic heterocycles. The molecule has 1 aliphatic rings. The minimum atomic E-state index is -0.535. The van der Waals surface area contributed by atoms with E-state index in [1.807, 2.05) is 6.07 Å². The third-order valence-corrected chi connectivity index (χ3v) is 5.94. The van der Waals surface area contributed by atoms with E-state index in [0.29, 0.717) is 30.3 Å². The van der Waals surface area contributed by atoms with Gasteiger partial charge in [-0.2, -0.15) is 0 Å². The van der Waals surface area contributed by atoms with Crippen molar-refractivity contribution in [2.45, 2.75) is 19.3 Å². The maximum Gasteiger partial charge on any atom is 0.262 e. The highest BCUT2D eigenvalue weighted by Gasteiger charge is 2.26. The van der Waals surface area contributed by atoms with E-state index < -0.39 is 11.7 Å². The molecule has 34 heavy (non-hydrogen) atoms. The number of hydrogen-bond acceptors (Lipinski definition) is 3. The first-order valence-corrected chi connectivity index (χ1v) is 11.3. The Kier molecular flexibility index (Phi) is 7.52. The van der Waals surface area contributed by atoms with Crippen LogP contribution in [0.15, 0.2) is 72.8 Å². The van der Waals surface area contributed by atoms with Crippen molar-refractivity contribution in [3.63, 3.8) is 0 Å². The highest BCUT2D eigenvalue weighted by atomic mass is 19.1. The van der Waals surface area contributed by atoms with Crippen molar-refractivity contribution in [1.82, 2.24) is 4.90 Å². The molecular formula is C27H26F2N2O3. The molecule has 4 rings (SSSR count). The number of amides is 2. The maximum atomic E-state index is 13.7. The molecule has 0 bridgehead atoms. The van der Waals surface area contributed by atoms with Gasteiger partial charge >= 0.3 is 0 Å². The van der Waals surface area contributed by atoms with Gasteiger partial charge in [0.05, 0.1) is 11.3 Å². The second-order valence-corrected chi connectivity index (χ2v) is 8.38. The van der Waals surface area contributed by atoms with Gasteiger partial charge in [-0.3, -0.25) is 9.59 Å². The van der Waals surface area contributed by atoms with Crippen molar-refractivity contribution in [1.29, 1.82) is 0 Å². The number of carbonyl (C=O) groups is 2. The molecule has 5 nitrogen and oxygen atoms in total. The van der Waals surface area contributed by atoms with Crippen LogP contribution in [0.5, 0.6) is 5.75 Å². The molecule has 1 saturated heterocycles. The van der Waals surface area contributed by atoms with Crippen molar-refractivity contribution in [2.24, 2.45) is 5.92 Å². The van der Waals surface area contributed by atoms with Crippen molar-refractivity contribution in [3.05, 3.63) is 95.6 Å². The summed E-state index contributed by atoms with van der Waals surface area (Å²) in [6, 6.07) is 19.3. The zero-order chi connectivity index (χ0) is 23.9. The Morgan fingerprint density at radius 1 is 0.941 bits per heavy atom. The summed E-state index contributed by atoms with van der Waals surface area (Å²) >= 11 is 0. The molecule has 3 aromatic rings. The Balaban J connectivity index is 1.32. The van der Waals surface area contributed by atoms with Crippen LogP contribution in [0.2, 0.25) is 0 Å². The van der Waals surface area contributed by atoms with E-state index in [1.165, 1.54) is 24.3 Å². The molecule has 0 radical (unpaired) electrons. The first-order valence-electron chi connectivity index (χ1n) is 11.3. The highest BCUT2D eigenvalue weighted by molar-refractivity contribution is 5.97. The first-order chi connectivity index (χ1) is 16.5. The van der Waals surface area contributed by atoms with Crippen molar-refractivity contribution in [3.8, 4) is 5.75 Å². The Morgan fingerprint density at radius 3 is 2.44 bits per heavy atom. The SMILES string of the molecule is O=C(COc1ccccc1C(=O)N1CCC(Cc2cccc(F)c2)CC1)Nc1ccccc1F. The molecule has 2 amide bonds. The average Bonchev–Trinajstić information content (AvgIpc) is 2.84. The molecule has 0 spiro atoms. The van der Waals surface area contributed by atoms with Crippen LogP contribution < -0.4 is 10.1 Å². The lowest BCUT2D eigenvalue weighted by atomic mass is 9.90. The van der Waals surface area contributed by atoms with Crippen LogP contribution in [-0.2, 0) is 11.2 Å². The largest absolute Gasteiger partial charge is 0.483 e. The van der Waals surface area contributed by atoms with Crippen LogP contribution in [0, 0.1) is 17.6 Å². The van der Waals surface area contributed by atoms with Crippen molar-refractivity contribution >= 4 is 17.5 Å². The molecule has 0 aromatic heterocycles. The summed E-state index contributed by atoms with van der Waals surface area (Å²) in [4.78, 5) is 27.1. The van der Waals surface area contributed by atoms with E-state index >= 15 is 0 Å². The zero-order valence-electron chi connectivity index (χ0n) is 18.7. The third-order valence-electron chi connectivity index (χ3n) is 5.94. The fourth-order valence-corrected chi connectivity index (χ4v) is 4.17. The fraction of sp³-hybridized carbons (Fsp3) is 0.259. The molecule has 7 heteroatoms. The van der Waals surface area contributed by atoms with Crippen LogP contribution in [0.25, 0.3) is 0 Å². The van der Waals surface area contributed by atoms with Crippen molar-refractivity contribution in [2.75, 3.05) is 25.0 Å². The van der Waals surface area contributed by atoms with Crippen LogP contribution >= 0.6 is 0 Å². The molecule has 176 valence electrons. The molecule has 0 aliphatic carbocycles. The van der Waals surface area contributed by atoms with Crippen LogP contribution in [0.1, 0.15) is 28.8 Å². The average molecular weight is 465 g/mol. The Labute approximate surface area is 197 Å². The number of ether oxygens (including phenoxy) is 1. The summed E-state index contributed by atoms with van der Waals surface area (Å²) in [5.74, 6) is -0.756. The van der Waals surface area contributed by atoms with Gasteiger partial charge in [0.2, 0.25) is 0 Å². The number of hydrogen-bond donors (Lipinski definition) is 1. The van der Waals surface area contributed by atoms with E-state index in [-0.39, 0.29) is 24.0 Å². The second-order valence-electron chi connectivity index (χ2n) is 8.38. The van der Waals surface area contributed by atoms with Gasteiger partial charge in [0.25, 0.3) is 11.8 Å². The molecule has 0 atom stereocenters. The van der Waals surface area contributed by atoms with Gasteiger partial charge in [0.15, 0.2) is 6.61 Å². The number of piperidine rings is 1. The van der Waals surface area contributed by atoms with Gasteiger partial charge < -0.3 is 15.0 Å². The van der Waals surface area contributed by atoms with E-state index in [0.717, 1.165) is 24.8 Å². The number of rotatable bonds is 7. The zero-order valence-corrected chi connectivity index (χ0v) is 18.7. The lowest BCUT2D eigenvalue weighted by molar-refractivity contribution is -0.118. The van der Waals surface area contributed by atoms with Gasteiger partial charge in [-0.25, -0.2) is 8.78 Å². The predicted molar refractivity (Wildman–Crippen MR) is 126 cm³/mol. The number of nitrogens with zero attached hydrogens (tertiary/aromatic N) is 1. The number of anilines is 1. The summed E-state index contributed by atoms with van der Waals surface area (Å²) in [6.45, 7) is 0.843. The standard InChI is InChI=1S/C27H26F2N2O3/c28-21-7-5-6-20(17-21)16-19-12-14-31(15-13-19)27(33)22-8-1-4-11-25(22)34-18-26(32)30-24-10-3-2-9-23(24)29/h1-11,17,19H,12-16,18H2,(H,30,32). The van der Waals surface area contributed by atoms with E-state index in [4.69, 9.17) is 4.74 Å². The summed E-state index contributed by atoms with van der Waals surface area (Å²) in [5, 5.41) is 2.46. The number of carbonyl (C=O) groups excluding carboxylic acids is 2. The number of likely N-dealkylation sites (tertiary alicyclic amines) is 1. The molecule has 1 fully saturated rings. The molecule has 1 N–H and O–H groups in total. The molecule has 3 aromatic carbocycles. The van der Waals surface area contributed by atoms with Gasteiger partial charge in [-0.05, 0) is 67.1 Å². The summed E-state index contributed by atoms with van der Waals surface area (Å²) < 4.78 is 32.8. The van der Waals surface area contributed by atoms with Gasteiger partial charge in [0.1, 0.15) is 17.4 Å². The summed E-state index contributed by atoms with van der Waals surface area (Å²) in [5.41, 5.74) is 1.42. The number of halogens is 2. The smallest absolute Gasteiger partial charge is 0.262 e. The van der Waals surface area contributed by atoms with E-state index in [2.05, 4.69) is 5.32 Å². The minimum absolute atomic E-state index is 0.0709. The second kappa shape index (κ2) is 10.9. The molecule has 0 unspecified atom stereocenters. The van der Waals surface area contributed by atoms with Crippen LogP contribution in [-0.4, -0.2) is 36.4 Å². The quantitative estimate of drug-likeness (QED) is 0.531. The molecule has 0 saturated carbocycles. The monoisotopic (exact) mass is 464 g/mol. The fourth-order valence-electron chi connectivity index (χ4n) is 4.17. The number of para-hydroxylation sites is 2. The van der Waals surface area contributed by atoms with Crippen molar-refractivity contribution < 1.29 is 23.1 Å². The summed E-state index contributed by atoms with van der Waals surface area (Å²) in [6.07, 6.45) is 2.45. The summed E-state index contributed by atoms with van der Waals surface area (Å²) in [7, 11) is 0. The van der Waals surface area contributed by atoms with Crippen LogP contribution in [0.4, 0.5) is 14.5 Å². The number of benzene rings is 3. The molecule has 1 heterocycles. The highest BCUT2D eigenvalue weighted by Crippen LogP contribution is 2.26. The lowest BCUT2D eigenvalue weighted by Crippen LogP contribution is -2.39. The maximum absolute atomic E-state index is 13.7. The topological polar surface area (TPSA) is 58.6 Å². The predicted octanol–water partition coefficient (Wildman–Crippen LogP) is 5.08. The van der Waals surface area contributed by atoms with E-state index in [1.54, 1.807) is 47.4 Å². The van der Waals surface area contributed by atoms with Gasteiger partial charge in [-0.15, -0.1) is 0 Å². The lowest BCUT2D eigenvalue weighted by Gasteiger charge is -2.32. The first kappa shape index (κ1) is 23.4. The van der Waals surface area contributed by atoms with Gasteiger partial charge in [0, 0.05) is 13.1 Å². The molecular weight excluding hydrogens is 438 g/mol. The van der Waals surface area contributed by atoms with Crippen LogP contribution in [0.3, 0.4) is 0 Å². The van der Waals surface area contributed by atoms with E-state index in [9.17, 15) is 18.4 Å². The Morgan fingerprint density at radius 2 is 1.68 bits per heavy atom. The third kappa shape index (κ3) is 5.98. The van der Waals surface area contributed by atoms with Gasteiger partial charge in [-0.1, -0.05) is 36.4 Å². The Bertz CT molecular complexity index is 1160. The minimum Gasteiger partial charge on any atom is -0.483 e. The Hall–Kier alpha value is -3.74. The number of nitrogens with one attached hydrogen (secondary N) is 1.